The molecule has 2 N–H and O–H groups in total. The molecule has 126 valence electrons. The topological polar surface area (TPSA) is 46.8 Å². The first-order valence-electron chi connectivity index (χ1n) is 8.78. The Morgan fingerprint density at radius 3 is 3.00 bits per heavy atom. The van der Waals surface area contributed by atoms with E-state index in [0.29, 0.717) is 11.8 Å². The number of ether oxygens (including phenoxy) is 1. The first kappa shape index (κ1) is 15.6. The lowest BCUT2D eigenvalue weighted by Crippen LogP contribution is -3.20. The fraction of sp³-hybridized carbons (Fsp3) is 0.450. The maximum Gasteiger partial charge on any atom is 0.132 e. The number of fused-ring (bicyclic) bond motifs is 4. The Morgan fingerprint density at radius 1 is 1.42 bits per heavy atom. The van der Waals surface area contributed by atoms with E-state index in [4.69, 9.17) is 4.74 Å². The maximum atomic E-state index is 11.0. The van der Waals surface area contributed by atoms with Crippen LogP contribution in [0.5, 0.6) is 5.75 Å². The molecule has 2 bridgehead atoms. The average Bonchev–Trinajstić information content (AvgIpc) is 2.66. The van der Waals surface area contributed by atoms with Gasteiger partial charge in [-0.1, -0.05) is 6.08 Å². The Bertz CT molecular complexity index is 760. The van der Waals surface area contributed by atoms with Crippen LogP contribution in [0.1, 0.15) is 24.5 Å². The molecular weight excluding hydrogens is 300 g/mol. The Morgan fingerprint density at radius 2 is 2.29 bits per heavy atom. The van der Waals surface area contributed by atoms with Crippen molar-refractivity contribution in [3.05, 3.63) is 48.7 Å². The lowest BCUT2D eigenvalue weighted by molar-refractivity contribution is -0.949. The highest BCUT2D eigenvalue weighted by Gasteiger charge is 2.45. The molecule has 3 fully saturated rings. The van der Waals surface area contributed by atoms with Crippen LogP contribution in [0.3, 0.4) is 0 Å². The van der Waals surface area contributed by atoms with Crippen LogP contribution in [0.25, 0.3) is 10.9 Å². The SMILES string of the molecule is C=C[C@H]1C[NH+]2CC[C@H]1C[C@H]2[C@@H](O)c1cnc2ccc(OC)cc2c1. The van der Waals surface area contributed by atoms with E-state index in [1.54, 1.807) is 7.11 Å². The summed E-state index contributed by atoms with van der Waals surface area (Å²) in [6.07, 6.45) is 5.80. The summed E-state index contributed by atoms with van der Waals surface area (Å²) >= 11 is 0. The third kappa shape index (κ3) is 2.60. The van der Waals surface area contributed by atoms with Crippen LogP contribution in [0.4, 0.5) is 0 Å². The molecule has 4 heteroatoms. The van der Waals surface area contributed by atoms with Crippen molar-refractivity contribution in [3.8, 4) is 5.75 Å². The van der Waals surface area contributed by atoms with Crippen molar-refractivity contribution in [2.75, 3.05) is 20.2 Å². The fourth-order valence-electron chi connectivity index (χ4n) is 4.55. The van der Waals surface area contributed by atoms with Gasteiger partial charge in [0, 0.05) is 35.9 Å². The minimum absolute atomic E-state index is 0.268. The van der Waals surface area contributed by atoms with E-state index in [1.165, 1.54) is 11.3 Å². The second-order valence-corrected chi connectivity index (χ2v) is 7.17. The number of methoxy groups -OCH3 is 1. The van der Waals surface area contributed by atoms with E-state index in [9.17, 15) is 5.11 Å². The van der Waals surface area contributed by atoms with Gasteiger partial charge in [-0.2, -0.15) is 0 Å². The van der Waals surface area contributed by atoms with Crippen LogP contribution in [0.15, 0.2) is 43.1 Å². The van der Waals surface area contributed by atoms with Crippen molar-refractivity contribution in [3.63, 3.8) is 0 Å². The van der Waals surface area contributed by atoms with Gasteiger partial charge in [0.1, 0.15) is 17.9 Å². The van der Waals surface area contributed by atoms with E-state index in [-0.39, 0.29) is 6.04 Å². The Labute approximate surface area is 142 Å². The summed E-state index contributed by atoms with van der Waals surface area (Å²) in [6.45, 7) is 6.24. The number of nitrogens with zero attached hydrogens (tertiary/aromatic N) is 1. The number of aliphatic hydroxyl groups is 1. The summed E-state index contributed by atoms with van der Waals surface area (Å²) in [7, 11) is 1.67. The number of nitrogens with one attached hydrogen (secondary N) is 1. The van der Waals surface area contributed by atoms with Gasteiger partial charge in [0.15, 0.2) is 0 Å². The molecule has 0 radical (unpaired) electrons. The van der Waals surface area contributed by atoms with E-state index in [2.05, 4.69) is 23.7 Å². The summed E-state index contributed by atoms with van der Waals surface area (Å²) in [4.78, 5) is 6.04. The molecule has 2 aromatic rings. The van der Waals surface area contributed by atoms with Crippen LogP contribution in [-0.2, 0) is 0 Å². The highest BCUT2D eigenvalue weighted by molar-refractivity contribution is 5.80. The number of hydrogen-bond acceptors (Lipinski definition) is 3. The van der Waals surface area contributed by atoms with Gasteiger partial charge in [0.05, 0.1) is 25.7 Å². The molecule has 1 aromatic carbocycles. The lowest BCUT2D eigenvalue weighted by Gasteiger charge is -2.47. The molecule has 4 heterocycles. The molecule has 0 spiro atoms. The molecule has 0 amide bonds. The summed E-state index contributed by atoms with van der Waals surface area (Å²) in [5.41, 5.74) is 1.84. The van der Waals surface area contributed by atoms with Crippen LogP contribution in [0.2, 0.25) is 0 Å². The fourth-order valence-corrected chi connectivity index (χ4v) is 4.55. The molecule has 4 nitrogen and oxygen atoms in total. The standard InChI is InChI=1S/C20H24N2O2/c1-3-13-12-22-7-6-14(13)10-19(22)20(23)16-8-15-9-17(24-2)4-5-18(15)21-11-16/h3-5,8-9,11,13-14,19-20,23H,1,6-7,10,12H2,2H3/p+1/t13-,14-,19-,20-/m0/s1. The van der Waals surface area contributed by atoms with Gasteiger partial charge in [0.25, 0.3) is 0 Å². The average molecular weight is 325 g/mol. The van der Waals surface area contributed by atoms with Crippen molar-refractivity contribution >= 4 is 10.9 Å². The Balaban J connectivity index is 1.61. The molecule has 5 rings (SSSR count). The highest BCUT2D eigenvalue weighted by Crippen LogP contribution is 2.33. The van der Waals surface area contributed by atoms with Crippen molar-refractivity contribution in [1.82, 2.24) is 4.98 Å². The molecule has 1 aromatic heterocycles. The number of piperidine rings is 3. The quantitative estimate of drug-likeness (QED) is 0.842. The molecule has 3 saturated heterocycles. The van der Waals surface area contributed by atoms with Gasteiger partial charge in [-0.15, -0.1) is 6.58 Å². The monoisotopic (exact) mass is 325 g/mol. The van der Waals surface area contributed by atoms with E-state index in [0.717, 1.165) is 41.7 Å². The van der Waals surface area contributed by atoms with Crippen LogP contribution in [0, 0.1) is 11.8 Å². The number of pyridine rings is 1. The molecule has 5 atom stereocenters. The second-order valence-electron chi connectivity index (χ2n) is 7.17. The van der Waals surface area contributed by atoms with Gasteiger partial charge in [-0.05, 0) is 30.2 Å². The third-order valence-electron chi connectivity index (χ3n) is 5.96. The number of quaternary nitrogens is 1. The number of rotatable bonds is 4. The van der Waals surface area contributed by atoms with Crippen LogP contribution >= 0.6 is 0 Å². The van der Waals surface area contributed by atoms with Gasteiger partial charge in [-0.3, -0.25) is 4.98 Å². The lowest BCUT2D eigenvalue weighted by atomic mass is 9.74. The molecule has 24 heavy (non-hydrogen) atoms. The predicted molar refractivity (Wildman–Crippen MR) is 94.2 cm³/mol. The highest BCUT2D eigenvalue weighted by atomic mass is 16.5. The zero-order valence-electron chi connectivity index (χ0n) is 14.1. The summed E-state index contributed by atoms with van der Waals surface area (Å²) in [5, 5.41) is 12.0. The summed E-state index contributed by atoms with van der Waals surface area (Å²) < 4.78 is 5.30. The second kappa shape index (κ2) is 6.19. The van der Waals surface area contributed by atoms with Crippen LogP contribution < -0.4 is 9.64 Å². The molecular formula is C20H25N2O2+. The van der Waals surface area contributed by atoms with Gasteiger partial charge in [-0.25, -0.2) is 0 Å². The summed E-state index contributed by atoms with van der Waals surface area (Å²) in [6, 6.07) is 8.17. The van der Waals surface area contributed by atoms with Gasteiger partial charge >= 0.3 is 0 Å². The van der Waals surface area contributed by atoms with Gasteiger partial charge < -0.3 is 14.7 Å². The van der Waals surface area contributed by atoms with E-state index in [1.807, 2.05) is 24.4 Å². The molecule has 0 saturated carbocycles. The minimum Gasteiger partial charge on any atom is -0.497 e. The first-order valence-corrected chi connectivity index (χ1v) is 8.78. The molecule has 0 aliphatic carbocycles. The van der Waals surface area contributed by atoms with Crippen molar-refractivity contribution in [2.24, 2.45) is 11.8 Å². The van der Waals surface area contributed by atoms with E-state index >= 15 is 0 Å². The third-order valence-corrected chi connectivity index (χ3v) is 5.96. The number of hydrogen-bond donors (Lipinski definition) is 2. The normalized spacial score (nSPS) is 30.2. The van der Waals surface area contributed by atoms with Crippen molar-refractivity contribution in [1.29, 1.82) is 0 Å². The number of benzene rings is 1. The van der Waals surface area contributed by atoms with Gasteiger partial charge in [0.2, 0.25) is 0 Å². The van der Waals surface area contributed by atoms with Crippen molar-refractivity contribution in [2.45, 2.75) is 25.0 Å². The van der Waals surface area contributed by atoms with Crippen LogP contribution in [-0.4, -0.2) is 36.3 Å². The molecule has 3 aliphatic rings. The smallest absolute Gasteiger partial charge is 0.132 e. The zero-order chi connectivity index (χ0) is 16.7. The molecule has 1 unspecified atom stereocenters. The van der Waals surface area contributed by atoms with Crippen molar-refractivity contribution < 1.29 is 14.7 Å². The molecule has 3 aliphatic heterocycles. The predicted octanol–water partition coefficient (Wildman–Crippen LogP) is 1.76. The minimum atomic E-state index is -0.461. The number of aromatic nitrogens is 1. The zero-order valence-corrected chi connectivity index (χ0v) is 14.1. The Kier molecular flexibility index (Phi) is 4.02. The largest absolute Gasteiger partial charge is 0.497 e. The van der Waals surface area contributed by atoms with E-state index < -0.39 is 6.10 Å². The maximum absolute atomic E-state index is 11.0. The Hall–Kier alpha value is -1.91. The summed E-state index contributed by atoms with van der Waals surface area (Å²) in [5.74, 6) is 2.10. The number of aliphatic hydroxyl groups excluding tert-OH is 1. The first-order chi connectivity index (χ1) is 11.7.